The monoisotopic (exact) mass is 769 g/mol. The van der Waals surface area contributed by atoms with Gasteiger partial charge in [-0.2, -0.15) is 0 Å². The minimum Gasteiger partial charge on any atom is -0.394 e. The van der Waals surface area contributed by atoms with Crippen molar-refractivity contribution in [1.82, 2.24) is 4.90 Å². The zero-order valence-electron chi connectivity index (χ0n) is 28.8. The second-order valence-electron chi connectivity index (χ2n) is 14.3. The Morgan fingerprint density at radius 1 is 1.02 bits per heavy atom. The fraction of sp³-hybridized carbons (Fsp3) is 0.325. The summed E-state index contributed by atoms with van der Waals surface area (Å²) < 4.78 is 24.1. The SMILES string of the molecule is C[C@H]1[C@H]([Si](C)(C)F)[C@@H](CC(=O)N2Cc3ccccc3C[C@H]2CO)O[C@]12C(=O)N(Cc1ccc(N(C=O)c3ccccc3)cc1)c1ccc(Br)cc12. The lowest BCUT2D eigenvalue weighted by Gasteiger charge is -2.37. The molecule has 3 heterocycles. The van der Waals surface area contributed by atoms with Crippen molar-refractivity contribution < 1.29 is 28.3 Å². The average molecular weight is 771 g/mol. The van der Waals surface area contributed by atoms with Crippen LogP contribution in [0.25, 0.3) is 0 Å². The minimum atomic E-state index is -3.51. The number of hydrogen-bond donors (Lipinski definition) is 1. The standard InChI is InChI=1S/C40H41BrFN3O5Si/c1-26-38(51(2,3)42)36(21-37(48)43-23-29-10-8-7-9-28(29)19-33(43)24-46)50-40(26)34-20-30(41)15-18-35(34)44(39(40)49)22-27-13-16-32(17-14-27)45(25-47)31-11-5-4-6-12-31/h4-18,20,25-26,33,36,38,46H,19,21-24H2,1-3H3/t26-,33-,36+,38-,40+/m0/s1. The quantitative estimate of drug-likeness (QED) is 0.109. The minimum absolute atomic E-state index is 0.0947. The second kappa shape index (κ2) is 13.8. The van der Waals surface area contributed by atoms with Crippen LogP contribution in [-0.2, 0) is 44.2 Å². The van der Waals surface area contributed by atoms with Gasteiger partial charge in [-0.3, -0.25) is 19.3 Å². The zero-order chi connectivity index (χ0) is 36.1. The Morgan fingerprint density at radius 3 is 2.35 bits per heavy atom. The van der Waals surface area contributed by atoms with E-state index in [0.29, 0.717) is 29.9 Å². The molecule has 0 radical (unpaired) electrons. The molecule has 1 spiro atoms. The lowest BCUT2D eigenvalue weighted by atomic mass is 9.82. The predicted octanol–water partition coefficient (Wildman–Crippen LogP) is 7.40. The highest BCUT2D eigenvalue weighted by molar-refractivity contribution is 9.10. The highest BCUT2D eigenvalue weighted by atomic mass is 79.9. The Balaban J connectivity index is 1.19. The maximum Gasteiger partial charge on any atom is 0.264 e. The molecule has 11 heteroatoms. The van der Waals surface area contributed by atoms with E-state index in [-0.39, 0.29) is 31.4 Å². The molecular formula is C40H41BrFN3O5Si. The normalized spacial score (nSPS) is 24.1. The van der Waals surface area contributed by atoms with Gasteiger partial charge < -0.3 is 23.8 Å². The summed E-state index contributed by atoms with van der Waals surface area (Å²) in [5, 5.41) is 10.3. The molecule has 4 aromatic rings. The molecule has 3 aliphatic heterocycles. The highest BCUT2D eigenvalue weighted by Crippen LogP contribution is 2.60. The number of amides is 3. The third-order valence-corrected chi connectivity index (χ3v) is 13.8. The van der Waals surface area contributed by atoms with Crippen molar-refractivity contribution in [2.75, 3.05) is 16.4 Å². The Labute approximate surface area is 307 Å². The number of aliphatic hydroxyl groups excluding tert-OH is 1. The number of halogens is 2. The molecule has 1 saturated heterocycles. The maximum absolute atomic E-state index is 16.5. The Bertz CT molecular complexity index is 1960. The van der Waals surface area contributed by atoms with Crippen molar-refractivity contribution in [1.29, 1.82) is 0 Å². The number of rotatable bonds is 9. The Kier molecular flexibility index (Phi) is 9.51. The van der Waals surface area contributed by atoms with Gasteiger partial charge in [-0.1, -0.05) is 77.5 Å². The van der Waals surface area contributed by atoms with E-state index < -0.39 is 37.6 Å². The molecule has 264 valence electrons. The van der Waals surface area contributed by atoms with Gasteiger partial charge in [0, 0.05) is 39.4 Å². The van der Waals surface area contributed by atoms with Crippen LogP contribution < -0.4 is 9.80 Å². The van der Waals surface area contributed by atoms with Crippen LogP contribution in [0.1, 0.15) is 35.6 Å². The number of ether oxygens (including phenoxy) is 1. The first kappa shape index (κ1) is 35.2. The van der Waals surface area contributed by atoms with E-state index in [0.717, 1.165) is 33.3 Å². The van der Waals surface area contributed by atoms with Crippen molar-refractivity contribution in [2.24, 2.45) is 5.92 Å². The average Bonchev–Trinajstić information content (AvgIpc) is 3.54. The lowest BCUT2D eigenvalue weighted by Crippen LogP contribution is -2.48. The molecule has 0 aromatic heterocycles. The third-order valence-electron chi connectivity index (χ3n) is 10.9. The van der Waals surface area contributed by atoms with Gasteiger partial charge in [0.2, 0.25) is 20.7 Å². The molecule has 1 fully saturated rings. The topological polar surface area (TPSA) is 90.4 Å². The first-order chi connectivity index (χ1) is 24.5. The van der Waals surface area contributed by atoms with Crippen molar-refractivity contribution in [3.8, 4) is 0 Å². The number of hydrogen-bond acceptors (Lipinski definition) is 5. The summed E-state index contributed by atoms with van der Waals surface area (Å²) in [5.41, 5.74) is 3.59. The van der Waals surface area contributed by atoms with Gasteiger partial charge in [-0.25, -0.2) is 0 Å². The smallest absolute Gasteiger partial charge is 0.264 e. The summed E-state index contributed by atoms with van der Waals surface area (Å²) in [6.07, 6.45) is 0.374. The molecule has 8 nitrogen and oxygen atoms in total. The summed E-state index contributed by atoms with van der Waals surface area (Å²) in [5.74, 6) is -1.07. The number of nitrogens with zero attached hydrogens (tertiary/aromatic N) is 3. The van der Waals surface area contributed by atoms with Gasteiger partial charge in [0.05, 0.1) is 37.4 Å². The van der Waals surface area contributed by atoms with Crippen molar-refractivity contribution in [2.45, 2.75) is 69.2 Å². The van der Waals surface area contributed by atoms with Gasteiger partial charge in [-0.05, 0) is 78.7 Å². The molecule has 3 aliphatic rings. The maximum atomic E-state index is 16.5. The van der Waals surface area contributed by atoms with E-state index in [1.54, 1.807) is 27.8 Å². The van der Waals surface area contributed by atoms with Crippen LogP contribution in [0, 0.1) is 5.92 Å². The van der Waals surface area contributed by atoms with Gasteiger partial charge in [0.1, 0.15) is 0 Å². The molecule has 0 bridgehead atoms. The third kappa shape index (κ3) is 6.24. The Morgan fingerprint density at radius 2 is 1.69 bits per heavy atom. The fourth-order valence-electron chi connectivity index (χ4n) is 8.51. The van der Waals surface area contributed by atoms with Crippen LogP contribution in [0.3, 0.4) is 0 Å². The predicted molar refractivity (Wildman–Crippen MR) is 201 cm³/mol. The largest absolute Gasteiger partial charge is 0.394 e. The number of fused-ring (bicyclic) bond motifs is 3. The summed E-state index contributed by atoms with van der Waals surface area (Å²) in [4.78, 5) is 45.9. The number of carbonyl (C=O) groups excluding carboxylic acids is 3. The van der Waals surface area contributed by atoms with E-state index in [2.05, 4.69) is 15.9 Å². The lowest BCUT2D eigenvalue weighted by molar-refractivity contribution is -0.151. The molecule has 1 N–H and O–H groups in total. The van der Waals surface area contributed by atoms with E-state index >= 15 is 4.11 Å². The van der Waals surface area contributed by atoms with Crippen molar-refractivity contribution in [3.05, 3.63) is 124 Å². The number of carbonyl (C=O) groups is 3. The first-order valence-corrected chi connectivity index (χ1v) is 21.1. The second-order valence-corrected chi connectivity index (χ2v) is 19.0. The van der Waals surface area contributed by atoms with Crippen LogP contribution in [0.4, 0.5) is 21.2 Å². The molecule has 4 aromatic carbocycles. The molecule has 0 unspecified atom stereocenters. The van der Waals surface area contributed by atoms with Crippen molar-refractivity contribution >= 4 is 59.6 Å². The fourth-order valence-corrected chi connectivity index (χ4v) is 11.4. The molecule has 3 amide bonds. The van der Waals surface area contributed by atoms with Gasteiger partial charge in [0.25, 0.3) is 5.91 Å². The number of aliphatic hydroxyl groups is 1. The Hall–Kier alpha value is -4.16. The number of para-hydroxylation sites is 1. The number of anilines is 3. The zero-order valence-corrected chi connectivity index (χ0v) is 31.4. The summed E-state index contributed by atoms with van der Waals surface area (Å²) >= 11 is 3.59. The molecule has 51 heavy (non-hydrogen) atoms. The van der Waals surface area contributed by atoms with E-state index in [4.69, 9.17) is 4.74 Å². The van der Waals surface area contributed by atoms with Crippen LogP contribution in [0.2, 0.25) is 18.6 Å². The highest BCUT2D eigenvalue weighted by Gasteiger charge is 2.67. The summed E-state index contributed by atoms with van der Waals surface area (Å²) in [6, 6.07) is 29.9. The van der Waals surface area contributed by atoms with Crippen LogP contribution in [-0.4, -0.2) is 55.4 Å². The summed E-state index contributed by atoms with van der Waals surface area (Å²) in [6.45, 7) is 5.53. The summed E-state index contributed by atoms with van der Waals surface area (Å²) in [7, 11) is -3.51. The van der Waals surface area contributed by atoms with E-state index in [9.17, 15) is 19.5 Å². The van der Waals surface area contributed by atoms with Crippen LogP contribution in [0.5, 0.6) is 0 Å². The first-order valence-electron chi connectivity index (χ1n) is 17.3. The molecule has 0 aliphatic carbocycles. The van der Waals surface area contributed by atoms with Gasteiger partial charge in [0.15, 0.2) is 5.60 Å². The number of benzene rings is 4. The van der Waals surface area contributed by atoms with E-state index in [1.807, 2.05) is 104 Å². The van der Waals surface area contributed by atoms with Gasteiger partial charge >= 0.3 is 0 Å². The molecule has 7 rings (SSSR count). The molecular weight excluding hydrogens is 729 g/mol. The molecule has 0 saturated carbocycles. The van der Waals surface area contributed by atoms with Crippen LogP contribution in [0.15, 0.2) is 102 Å². The van der Waals surface area contributed by atoms with Crippen LogP contribution >= 0.6 is 15.9 Å². The van der Waals surface area contributed by atoms with Crippen molar-refractivity contribution in [3.63, 3.8) is 0 Å². The molecule has 5 atom stereocenters. The van der Waals surface area contributed by atoms with Gasteiger partial charge in [-0.15, -0.1) is 0 Å². The van der Waals surface area contributed by atoms with E-state index in [1.165, 1.54) is 0 Å².